The smallest absolute Gasteiger partial charge is 0.257 e. The van der Waals surface area contributed by atoms with Crippen LogP contribution in [0.2, 0.25) is 5.02 Å². The minimum absolute atomic E-state index is 0.259. The fraction of sp³-hybridized carbons (Fsp3) is 0.0714. The fourth-order valence-electron chi connectivity index (χ4n) is 1.72. The first-order chi connectivity index (χ1) is 9.11. The van der Waals surface area contributed by atoms with Gasteiger partial charge in [-0.15, -0.1) is 0 Å². The van der Waals surface area contributed by atoms with Gasteiger partial charge in [0.15, 0.2) is 0 Å². The molecular formula is C14H14ClN3O. The summed E-state index contributed by atoms with van der Waals surface area (Å²) < 4.78 is 0. The zero-order valence-electron chi connectivity index (χ0n) is 10.4. The Hall–Kier alpha value is -2.04. The molecule has 0 unspecified atom stereocenters. The second-order valence-corrected chi connectivity index (χ2v) is 4.53. The zero-order chi connectivity index (χ0) is 13.8. The first-order valence-electron chi connectivity index (χ1n) is 5.75. The van der Waals surface area contributed by atoms with Crippen LogP contribution in [-0.2, 0) is 0 Å². The van der Waals surface area contributed by atoms with Crippen molar-refractivity contribution in [3.05, 3.63) is 58.6 Å². The summed E-state index contributed by atoms with van der Waals surface area (Å²) in [6.07, 6.45) is 0. The van der Waals surface area contributed by atoms with Gasteiger partial charge >= 0.3 is 0 Å². The number of rotatable bonds is 3. The predicted molar refractivity (Wildman–Crippen MR) is 78.4 cm³/mol. The molecule has 0 saturated heterocycles. The molecule has 0 spiro atoms. The Labute approximate surface area is 116 Å². The van der Waals surface area contributed by atoms with Crippen LogP contribution in [0.5, 0.6) is 0 Å². The number of hydrogen-bond donors (Lipinski definition) is 3. The van der Waals surface area contributed by atoms with E-state index in [0.29, 0.717) is 22.0 Å². The maximum absolute atomic E-state index is 12.2. The van der Waals surface area contributed by atoms with Crippen LogP contribution in [0.3, 0.4) is 0 Å². The predicted octanol–water partition coefficient (Wildman–Crippen LogP) is 3.19. The third-order valence-electron chi connectivity index (χ3n) is 2.70. The summed E-state index contributed by atoms with van der Waals surface area (Å²) >= 11 is 6.01. The van der Waals surface area contributed by atoms with Crippen LogP contribution in [0.4, 0.5) is 11.4 Å². The second-order valence-electron chi connectivity index (χ2n) is 4.13. The molecule has 0 heterocycles. The Balaban J connectivity index is 2.30. The maximum atomic E-state index is 12.2. The number of aryl methyl sites for hydroxylation is 1. The Morgan fingerprint density at radius 1 is 1.16 bits per heavy atom. The van der Waals surface area contributed by atoms with Crippen LogP contribution < -0.4 is 16.6 Å². The topological polar surface area (TPSA) is 67.1 Å². The summed E-state index contributed by atoms with van der Waals surface area (Å²) in [5.41, 5.74) is 5.09. The average Bonchev–Trinajstić information content (AvgIpc) is 2.41. The standard InChI is InChI=1S/C14H14ClN3O/c1-9-6-7-12(18-16)10(8-9)14(19)17-13-5-3-2-4-11(13)15/h2-8,18H,16H2,1H3,(H,17,19). The Morgan fingerprint density at radius 3 is 2.58 bits per heavy atom. The SMILES string of the molecule is Cc1ccc(NN)c(C(=O)Nc2ccccc2Cl)c1. The van der Waals surface area contributed by atoms with E-state index in [2.05, 4.69) is 10.7 Å². The zero-order valence-corrected chi connectivity index (χ0v) is 11.2. The number of anilines is 2. The van der Waals surface area contributed by atoms with E-state index in [-0.39, 0.29) is 5.91 Å². The van der Waals surface area contributed by atoms with Crippen molar-refractivity contribution >= 4 is 28.9 Å². The first-order valence-corrected chi connectivity index (χ1v) is 6.13. The minimum atomic E-state index is -0.259. The van der Waals surface area contributed by atoms with Gasteiger partial charge in [-0.2, -0.15) is 0 Å². The van der Waals surface area contributed by atoms with Crippen LogP contribution in [0.15, 0.2) is 42.5 Å². The number of carbonyl (C=O) groups excluding carboxylic acids is 1. The highest BCUT2D eigenvalue weighted by Gasteiger charge is 2.12. The van der Waals surface area contributed by atoms with E-state index < -0.39 is 0 Å². The summed E-state index contributed by atoms with van der Waals surface area (Å²) in [7, 11) is 0. The van der Waals surface area contributed by atoms with Crippen LogP contribution in [0.25, 0.3) is 0 Å². The van der Waals surface area contributed by atoms with Gasteiger partial charge < -0.3 is 10.7 Å². The summed E-state index contributed by atoms with van der Waals surface area (Å²) in [6, 6.07) is 12.5. The second kappa shape index (κ2) is 5.73. The lowest BCUT2D eigenvalue weighted by atomic mass is 10.1. The maximum Gasteiger partial charge on any atom is 0.257 e. The number of hydrazine groups is 1. The molecule has 0 atom stereocenters. The van der Waals surface area contributed by atoms with Gasteiger partial charge in [-0.25, -0.2) is 0 Å². The molecule has 0 fully saturated rings. The number of benzene rings is 2. The van der Waals surface area contributed by atoms with E-state index in [0.717, 1.165) is 5.56 Å². The average molecular weight is 276 g/mol. The Bertz CT molecular complexity index is 613. The van der Waals surface area contributed by atoms with Gasteiger partial charge in [0.05, 0.1) is 22.0 Å². The van der Waals surface area contributed by atoms with E-state index in [4.69, 9.17) is 17.4 Å². The number of amides is 1. The van der Waals surface area contributed by atoms with Gasteiger partial charge in [-0.05, 0) is 31.2 Å². The van der Waals surface area contributed by atoms with Crippen molar-refractivity contribution in [3.8, 4) is 0 Å². The van der Waals surface area contributed by atoms with E-state index in [1.54, 1.807) is 36.4 Å². The van der Waals surface area contributed by atoms with E-state index >= 15 is 0 Å². The highest BCUT2D eigenvalue weighted by molar-refractivity contribution is 6.34. The highest BCUT2D eigenvalue weighted by Crippen LogP contribution is 2.23. The molecule has 0 aliphatic heterocycles. The molecule has 2 rings (SSSR count). The van der Waals surface area contributed by atoms with Gasteiger partial charge in [0, 0.05) is 0 Å². The normalized spacial score (nSPS) is 10.1. The lowest BCUT2D eigenvalue weighted by Gasteiger charge is -2.11. The van der Waals surface area contributed by atoms with Crippen molar-refractivity contribution in [2.24, 2.45) is 5.84 Å². The number of nitrogen functional groups attached to an aromatic ring is 1. The van der Waals surface area contributed by atoms with Crippen molar-refractivity contribution in [2.75, 3.05) is 10.7 Å². The Kier molecular flexibility index (Phi) is 4.04. The lowest BCUT2D eigenvalue weighted by Crippen LogP contribution is -2.17. The molecule has 4 nitrogen and oxygen atoms in total. The van der Waals surface area contributed by atoms with Crippen LogP contribution in [0.1, 0.15) is 15.9 Å². The number of carbonyl (C=O) groups is 1. The molecule has 0 bridgehead atoms. The highest BCUT2D eigenvalue weighted by atomic mass is 35.5. The first kappa shape index (κ1) is 13.4. The van der Waals surface area contributed by atoms with Crippen molar-refractivity contribution in [3.63, 3.8) is 0 Å². The van der Waals surface area contributed by atoms with Crippen molar-refractivity contribution in [2.45, 2.75) is 6.92 Å². The van der Waals surface area contributed by atoms with E-state index in [9.17, 15) is 4.79 Å². The largest absolute Gasteiger partial charge is 0.323 e. The molecule has 0 radical (unpaired) electrons. The monoisotopic (exact) mass is 275 g/mol. The fourth-order valence-corrected chi connectivity index (χ4v) is 1.91. The third-order valence-corrected chi connectivity index (χ3v) is 3.03. The molecule has 2 aromatic rings. The molecule has 0 aromatic heterocycles. The molecule has 2 aromatic carbocycles. The number of halogens is 1. The van der Waals surface area contributed by atoms with Crippen molar-refractivity contribution < 1.29 is 4.79 Å². The van der Waals surface area contributed by atoms with Gasteiger partial charge in [-0.3, -0.25) is 10.6 Å². The number of para-hydroxylation sites is 1. The minimum Gasteiger partial charge on any atom is -0.323 e. The third kappa shape index (κ3) is 3.05. The Morgan fingerprint density at radius 2 is 1.89 bits per heavy atom. The molecule has 1 amide bonds. The molecular weight excluding hydrogens is 262 g/mol. The van der Waals surface area contributed by atoms with Crippen molar-refractivity contribution in [1.82, 2.24) is 0 Å². The lowest BCUT2D eigenvalue weighted by molar-refractivity contribution is 0.102. The summed E-state index contributed by atoms with van der Waals surface area (Å²) in [4.78, 5) is 12.2. The van der Waals surface area contributed by atoms with Gasteiger partial charge in [0.25, 0.3) is 5.91 Å². The van der Waals surface area contributed by atoms with Crippen molar-refractivity contribution in [1.29, 1.82) is 0 Å². The summed E-state index contributed by atoms with van der Waals surface area (Å²) in [6.45, 7) is 1.91. The molecule has 19 heavy (non-hydrogen) atoms. The number of nitrogens with one attached hydrogen (secondary N) is 2. The summed E-state index contributed by atoms with van der Waals surface area (Å²) in [5, 5.41) is 3.25. The molecule has 0 saturated carbocycles. The van der Waals surface area contributed by atoms with E-state index in [1.165, 1.54) is 0 Å². The molecule has 98 valence electrons. The quantitative estimate of drug-likeness (QED) is 0.595. The van der Waals surface area contributed by atoms with E-state index in [1.807, 2.05) is 13.0 Å². The number of nitrogens with two attached hydrogens (primary N) is 1. The molecule has 0 aliphatic carbocycles. The molecule has 0 aliphatic rings. The van der Waals surface area contributed by atoms with Crippen LogP contribution >= 0.6 is 11.6 Å². The van der Waals surface area contributed by atoms with Gasteiger partial charge in [-0.1, -0.05) is 35.4 Å². The van der Waals surface area contributed by atoms with Gasteiger partial charge in [0.2, 0.25) is 0 Å². The van der Waals surface area contributed by atoms with Gasteiger partial charge in [0.1, 0.15) is 0 Å². The van der Waals surface area contributed by atoms with Crippen LogP contribution in [-0.4, -0.2) is 5.91 Å². The summed E-state index contributed by atoms with van der Waals surface area (Å²) in [5.74, 6) is 5.15. The molecule has 5 heteroatoms. The number of hydrogen-bond acceptors (Lipinski definition) is 3. The molecule has 4 N–H and O–H groups in total. The van der Waals surface area contributed by atoms with Crippen LogP contribution in [0, 0.1) is 6.92 Å².